The van der Waals surface area contributed by atoms with E-state index in [9.17, 15) is 9.59 Å². The number of nitrogens with zero attached hydrogens (tertiary/aromatic N) is 2. The summed E-state index contributed by atoms with van der Waals surface area (Å²) in [5, 5.41) is 0. The van der Waals surface area contributed by atoms with E-state index in [-0.39, 0.29) is 23.8 Å². The summed E-state index contributed by atoms with van der Waals surface area (Å²) >= 11 is 0. The number of carbonyl (C=O) groups is 2. The maximum atomic E-state index is 12.3. The van der Waals surface area contributed by atoms with Gasteiger partial charge in [-0.3, -0.25) is 9.59 Å². The van der Waals surface area contributed by atoms with Gasteiger partial charge in [0.1, 0.15) is 0 Å². The van der Waals surface area contributed by atoms with Gasteiger partial charge in [-0.2, -0.15) is 0 Å². The Morgan fingerprint density at radius 2 is 1.72 bits per heavy atom. The van der Waals surface area contributed by atoms with Gasteiger partial charge in [0, 0.05) is 20.6 Å². The van der Waals surface area contributed by atoms with Crippen LogP contribution in [0.15, 0.2) is 0 Å². The van der Waals surface area contributed by atoms with E-state index in [2.05, 4.69) is 0 Å². The number of rotatable bonds is 5. The fraction of sp³-hybridized carbons (Fsp3) is 0.846. The van der Waals surface area contributed by atoms with Crippen molar-refractivity contribution in [3.05, 3.63) is 0 Å². The second-order valence-corrected chi connectivity index (χ2v) is 5.89. The Balaban J connectivity index is 4.79. The topological polar surface area (TPSA) is 66.6 Å². The van der Waals surface area contributed by atoms with Crippen LogP contribution in [0.3, 0.4) is 0 Å². The number of likely N-dealkylation sites (N-methyl/N-ethyl adjacent to an activating group) is 1. The first-order valence-electron chi connectivity index (χ1n) is 6.35. The van der Waals surface area contributed by atoms with Gasteiger partial charge in [0.15, 0.2) is 0 Å². The Morgan fingerprint density at radius 3 is 2.06 bits per heavy atom. The maximum Gasteiger partial charge on any atom is 0.241 e. The van der Waals surface area contributed by atoms with E-state index in [4.69, 9.17) is 5.73 Å². The van der Waals surface area contributed by atoms with E-state index < -0.39 is 6.04 Å². The van der Waals surface area contributed by atoms with E-state index in [0.717, 1.165) is 6.42 Å². The van der Waals surface area contributed by atoms with Crippen molar-refractivity contribution in [1.29, 1.82) is 0 Å². The zero-order valence-corrected chi connectivity index (χ0v) is 12.5. The maximum absolute atomic E-state index is 12.3. The lowest BCUT2D eigenvalue weighted by Gasteiger charge is -2.32. The summed E-state index contributed by atoms with van der Waals surface area (Å²) in [6.07, 6.45) is 0.809. The van der Waals surface area contributed by atoms with E-state index in [1.54, 1.807) is 19.0 Å². The minimum absolute atomic E-state index is 0.0853. The molecule has 0 aliphatic rings. The van der Waals surface area contributed by atoms with Crippen molar-refractivity contribution in [1.82, 2.24) is 9.80 Å². The molecule has 2 N–H and O–H groups in total. The summed E-state index contributed by atoms with van der Waals surface area (Å²) in [7, 11) is 3.36. The second kappa shape index (κ2) is 6.73. The van der Waals surface area contributed by atoms with Crippen LogP contribution in [0.1, 0.15) is 34.1 Å². The Kier molecular flexibility index (Phi) is 6.32. The lowest BCUT2D eigenvalue weighted by Crippen LogP contribution is -2.52. The number of nitrogens with two attached hydrogens (primary N) is 1. The molecular weight excluding hydrogens is 230 g/mol. The molecule has 0 aromatic heterocycles. The summed E-state index contributed by atoms with van der Waals surface area (Å²) in [5.74, 6) is -0.238. The predicted molar refractivity (Wildman–Crippen MR) is 73.0 cm³/mol. The molecule has 0 aliphatic carbocycles. The molecule has 0 bridgehead atoms. The van der Waals surface area contributed by atoms with Crippen LogP contribution < -0.4 is 5.73 Å². The third-order valence-electron chi connectivity index (χ3n) is 2.83. The Morgan fingerprint density at radius 1 is 1.22 bits per heavy atom. The largest absolute Gasteiger partial charge is 0.347 e. The zero-order valence-electron chi connectivity index (χ0n) is 12.5. The first-order chi connectivity index (χ1) is 8.11. The number of amides is 2. The highest BCUT2D eigenvalue weighted by Gasteiger charge is 2.31. The van der Waals surface area contributed by atoms with Crippen molar-refractivity contribution in [3.63, 3.8) is 0 Å². The lowest BCUT2D eigenvalue weighted by atomic mass is 9.86. The van der Waals surface area contributed by atoms with Crippen LogP contribution in [-0.4, -0.2) is 54.8 Å². The average Bonchev–Trinajstić information content (AvgIpc) is 2.24. The number of carbonyl (C=O) groups excluding carboxylic acids is 2. The van der Waals surface area contributed by atoms with Crippen molar-refractivity contribution in [2.45, 2.75) is 40.2 Å². The van der Waals surface area contributed by atoms with Gasteiger partial charge in [-0.05, 0) is 11.8 Å². The highest BCUT2D eigenvalue weighted by atomic mass is 16.2. The van der Waals surface area contributed by atoms with Crippen LogP contribution in [0.2, 0.25) is 0 Å². The van der Waals surface area contributed by atoms with Gasteiger partial charge in [-0.1, -0.05) is 27.7 Å². The van der Waals surface area contributed by atoms with Crippen LogP contribution in [0.25, 0.3) is 0 Å². The highest BCUT2D eigenvalue weighted by molar-refractivity contribution is 5.87. The molecule has 0 spiro atoms. The SMILES string of the molecule is CCCN(CC(=O)N(C)C)C(=O)[C@H](N)C(C)(C)C. The summed E-state index contributed by atoms with van der Waals surface area (Å²) in [6.45, 7) is 8.41. The molecule has 5 heteroatoms. The molecule has 0 unspecified atom stereocenters. The van der Waals surface area contributed by atoms with E-state index >= 15 is 0 Å². The lowest BCUT2D eigenvalue weighted by molar-refractivity contribution is -0.141. The Bertz CT molecular complexity index is 295. The first kappa shape index (κ1) is 16.9. The van der Waals surface area contributed by atoms with E-state index in [1.807, 2.05) is 27.7 Å². The van der Waals surface area contributed by atoms with Gasteiger partial charge in [-0.25, -0.2) is 0 Å². The molecule has 0 radical (unpaired) electrons. The molecule has 0 heterocycles. The second-order valence-electron chi connectivity index (χ2n) is 5.89. The fourth-order valence-electron chi connectivity index (χ4n) is 1.41. The zero-order chi connectivity index (χ0) is 14.5. The van der Waals surface area contributed by atoms with Crippen LogP contribution in [0.5, 0.6) is 0 Å². The molecule has 5 nitrogen and oxygen atoms in total. The van der Waals surface area contributed by atoms with Crippen molar-refractivity contribution in [2.24, 2.45) is 11.1 Å². The van der Waals surface area contributed by atoms with Gasteiger partial charge in [0.25, 0.3) is 0 Å². The Labute approximate surface area is 110 Å². The minimum Gasteiger partial charge on any atom is -0.347 e. The van der Waals surface area contributed by atoms with Gasteiger partial charge in [-0.15, -0.1) is 0 Å². The third-order valence-corrected chi connectivity index (χ3v) is 2.83. The van der Waals surface area contributed by atoms with Crippen molar-refractivity contribution in [3.8, 4) is 0 Å². The predicted octanol–water partition coefficient (Wildman–Crippen LogP) is 0.687. The standard InChI is InChI=1S/C13H27N3O2/c1-7-8-16(9-10(17)15(5)6)12(18)11(14)13(2,3)4/h11H,7-9,14H2,1-6H3/t11-/m0/s1. The quantitative estimate of drug-likeness (QED) is 0.788. The minimum atomic E-state index is -0.584. The summed E-state index contributed by atoms with van der Waals surface area (Å²) in [5.41, 5.74) is 5.66. The van der Waals surface area contributed by atoms with Crippen LogP contribution in [0.4, 0.5) is 0 Å². The van der Waals surface area contributed by atoms with Crippen LogP contribution >= 0.6 is 0 Å². The molecule has 106 valence electrons. The molecule has 2 amide bonds. The van der Waals surface area contributed by atoms with Crippen molar-refractivity contribution < 1.29 is 9.59 Å². The normalized spacial score (nSPS) is 13.1. The molecule has 0 aromatic rings. The van der Waals surface area contributed by atoms with Gasteiger partial charge in [0.2, 0.25) is 11.8 Å². The first-order valence-corrected chi connectivity index (χ1v) is 6.35. The molecule has 0 fully saturated rings. The van der Waals surface area contributed by atoms with Gasteiger partial charge >= 0.3 is 0 Å². The van der Waals surface area contributed by atoms with E-state index in [0.29, 0.717) is 6.54 Å². The molecular formula is C13H27N3O2. The molecule has 0 aromatic carbocycles. The molecule has 0 aliphatic heterocycles. The summed E-state index contributed by atoms with van der Waals surface area (Å²) in [4.78, 5) is 27.0. The summed E-state index contributed by atoms with van der Waals surface area (Å²) in [6, 6.07) is -0.584. The number of hydrogen-bond donors (Lipinski definition) is 1. The smallest absolute Gasteiger partial charge is 0.241 e. The monoisotopic (exact) mass is 257 g/mol. The molecule has 18 heavy (non-hydrogen) atoms. The molecule has 0 saturated heterocycles. The fourth-order valence-corrected chi connectivity index (χ4v) is 1.41. The van der Waals surface area contributed by atoms with Crippen molar-refractivity contribution in [2.75, 3.05) is 27.2 Å². The van der Waals surface area contributed by atoms with E-state index in [1.165, 1.54) is 4.90 Å². The van der Waals surface area contributed by atoms with Gasteiger partial charge < -0.3 is 15.5 Å². The van der Waals surface area contributed by atoms with Crippen LogP contribution in [0, 0.1) is 5.41 Å². The average molecular weight is 257 g/mol. The Hall–Kier alpha value is -1.10. The summed E-state index contributed by atoms with van der Waals surface area (Å²) < 4.78 is 0. The molecule has 0 saturated carbocycles. The van der Waals surface area contributed by atoms with Gasteiger partial charge in [0.05, 0.1) is 12.6 Å². The molecule has 0 rings (SSSR count). The third kappa shape index (κ3) is 5.04. The molecule has 1 atom stereocenters. The van der Waals surface area contributed by atoms with Crippen molar-refractivity contribution >= 4 is 11.8 Å². The van der Waals surface area contributed by atoms with Crippen LogP contribution in [-0.2, 0) is 9.59 Å². The number of hydrogen-bond acceptors (Lipinski definition) is 3. The highest BCUT2D eigenvalue weighted by Crippen LogP contribution is 2.19.